The summed E-state index contributed by atoms with van der Waals surface area (Å²) in [6.07, 6.45) is 5.50. The first-order valence-corrected chi connectivity index (χ1v) is 13.5. The van der Waals surface area contributed by atoms with E-state index in [0.29, 0.717) is 17.7 Å². The predicted octanol–water partition coefficient (Wildman–Crippen LogP) is 6.06. The van der Waals surface area contributed by atoms with Crippen molar-refractivity contribution in [2.24, 2.45) is 0 Å². The van der Waals surface area contributed by atoms with Gasteiger partial charge in [0.25, 0.3) is 5.91 Å². The largest absolute Gasteiger partial charge is 0.484 e. The minimum absolute atomic E-state index is 0.0369. The van der Waals surface area contributed by atoms with Crippen molar-refractivity contribution in [1.29, 1.82) is 0 Å². The summed E-state index contributed by atoms with van der Waals surface area (Å²) in [5.74, 6) is -0.482. The Balaban J connectivity index is 1.61. The molecule has 2 amide bonds. The summed E-state index contributed by atoms with van der Waals surface area (Å²) >= 11 is 3.39. The molecule has 1 aliphatic rings. The van der Waals surface area contributed by atoms with Crippen molar-refractivity contribution in [2.45, 2.75) is 57.2 Å². The first-order chi connectivity index (χ1) is 18.0. The quantitative estimate of drug-likeness (QED) is 0.324. The number of hydrogen-bond acceptors (Lipinski definition) is 3. The van der Waals surface area contributed by atoms with E-state index in [9.17, 15) is 14.0 Å². The van der Waals surface area contributed by atoms with Crippen molar-refractivity contribution in [2.75, 3.05) is 6.61 Å². The predicted molar refractivity (Wildman–Crippen MR) is 146 cm³/mol. The zero-order valence-electron chi connectivity index (χ0n) is 20.7. The summed E-state index contributed by atoms with van der Waals surface area (Å²) in [4.78, 5) is 28.8. The van der Waals surface area contributed by atoms with Crippen molar-refractivity contribution in [3.8, 4) is 5.75 Å². The minimum Gasteiger partial charge on any atom is -0.484 e. The van der Waals surface area contributed by atoms with Crippen LogP contribution in [0.3, 0.4) is 0 Å². The summed E-state index contributed by atoms with van der Waals surface area (Å²) < 4.78 is 21.4. The lowest BCUT2D eigenvalue weighted by atomic mass is 9.94. The third-order valence-corrected chi connectivity index (χ3v) is 7.23. The highest BCUT2D eigenvalue weighted by molar-refractivity contribution is 9.10. The zero-order valence-corrected chi connectivity index (χ0v) is 22.3. The standard InChI is InChI=1S/C30H32BrFN2O3/c31-24-15-17-26(18-16-24)37-21-29(35)34(20-23-11-7-8-14-27(23)32)28(19-22-9-3-1-4-10-22)30(36)33-25-12-5-2-6-13-25/h1,3-4,7-11,14-18,25,28H,2,5-6,12-13,19-21H2,(H,33,36). The van der Waals surface area contributed by atoms with E-state index >= 15 is 0 Å². The third kappa shape index (κ3) is 7.89. The van der Waals surface area contributed by atoms with Crippen LogP contribution in [-0.4, -0.2) is 35.4 Å². The second-order valence-electron chi connectivity index (χ2n) is 9.40. The van der Waals surface area contributed by atoms with Gasteiger partial charge in [0.15, 0.2) is 6.61 Å². The van der Waals surface area contributed by atoms with Gasteiger partial charge in [-0.3, -0.25) is 9.59 Å². The molecule has 0 saturated heterocycles. The highest BCUT2D eigenvalue weighted by atomic mass is 79.9. The van der Waals surface area contributed by atoms with Crippen LogP contribution in [0, 0.1) is 5.82 Å². The van der Waals surface area contributed by atoms with E-state index in [4.69, 9.17) is 4.74 Å². The van der Waals surface area contributed by atoms with Gasteiger partial charge < -0.3 is 15.0 Å². The molecule has 3 aromatic carbocycles. The zero-order chi connectivity index (χ0) is 26.0. The lowest BCUT2D eigenvalue weighted by molar-refractivity contribution is -0.143. The van der Waals surface area contributed by atoms with E-state index < -0.39 is 11.9 Å². The number of carbonyl (C=O) groups is 2. The molecule has 0 spiro atoms. The van der Waals surface area contributed by atoms with E-state index in [2.05, 4.69) is 21.2 Å². The molecule has 0 heterocycles. The topological polar surface area (TPSA) is 58.6 Å². The first-order valence-electron chi connectivity index (χ1n) is 12.7. The molecule has 0 bridgehead atoms. The normalized spacial score (nSPS) is 14.5. The van der Waals surface area contributed by atoms with Crippen LogP contribution in [0.4, 0.5) is 4.39 Å². The lowest BCUT2D eigenvalue weighted by Gasteiger charge is -2.33. The van der Waals surface area contributed by atoms with Gasteiger partial charge in [-0.1, -0.05) is 83.7 Å². The number of amides is 2. The molecule has 3 aromatic rings. The summed E-state index contributed by atoms with van der Waals surface area (Å²) in [6.45, 7) is -0.303. The molecule has 1 saturated carbocycles. The second kappa shape index (κ2) is 13.4. The Morgan fingerprint density at radius 3 is 2.32 bits per heavy atom. The Bertz CT molecular complexity index is 1170. The van der Waals surface area contributed by atoms with Crippen LogP contribution in [0.1, 0.15) is 43.2 Å². The lowest BCUT2D eigenvalue weighted by Crippen LogP contribution is -2.53. The van der Waals surface area contributed by atoms with Gasteiger partial charge in [-0.25, -0.2) is 4.39 Å². The van der Waals surface area contributed by atoms with Crippen LogP contribution in [0.25, 0.3) is 0 Å². The van der Waals surface area contributed by atoms with Crippen molar-refractivity contribution >= 4 is 27.7 Å². The van der Waals surface area contributed by atoms with Crippen molar-refractivity contribution in [1.82, 2.24) is 10.2 Å². The fourth-order valence-electron chi connectivity index (χ4n) is 4.67. The third-order valence-electron chi connectivity index (χ3n) is 6.70. The van der Waals surface area contributed by atoms with Gasteiger partial charge in [0.1, 0.15) is 17.6 Å². The molecule has 0 aromatic heterocycles. The summed E-state index contributed by atoms with van der Waals surface area (Å²) in [7, 11) is 0. The highest BCUT2D eigenvalue weighted by Gasteiger charge is 2.32. The molecule has 1 atom stereocenters. The molecule has 37 heavy (non-hydrogen) atoms. The van der Waals surface area contributed by atoms with Gasteiger partial charge in [-0.05, 0) is 48.7 Å². The van der Waals surface area contributed by atoms with E-state index in [0.717, 1.165) is 35.7 Å². The fourth-order valence-corrected chi connectivity index (χ4v) is 4.93. The molecule has 5 nitrogen and oxygen atoms in total. The van der Waals surface area contributed by atoms with Crippen LogP contribution in [0.15, 0.2) is 83.3 Å². The maximum absolute atomic E-state index is 14.7. The van der Waals surface area contributed by atoms with Gasteiger partial charge in [0.05, 0.1) is 0 Å². The molecule has 1 fully saturated rings. The number of benzene rings is 3. The number of carbonyl (C=O) groups excluding carboxylic acids is 2. The first kappa shape index (κ1) is 26.9. The summed E-state index contributed by atoms with van der Waals surface area (Å²) in [5.41, 5.74) is 1.27. The maximum Gasteiger partial charge on any atom is 0.261 e. The summed E-state index contributed by atoms with van der Waals surface area (Å²) in [5, 5.41) is 3.18. The smallest absolute Gasteiger partial charge is 0.261 e. The number of ether oxygens (including phenoxy) is 1. The molecular weight excluding hydrogens is 535 g/mol. The Morgan fingerprint density at radius 2 is 1.62 bits per heavy atom. The average molecular weight is 567 g/mol. The Morgan fingerprint density at radius 1 is 0.946 bits per heavy atom. The van der Waals surface area contributed by atoms with Gasteiger partial charge >= 0.3 is 0 Å². The average Bonchev–Trinajstić information content (AvgIpc) is 2.92. The molecular formula is C30H32BrFN2O3. The number of nitrogens with zero attached hydrogens (tertiary/aromatic N) is 1. The molecule has 0 aliphatic heterocycles. The Hall–Kier alpha value is -3.19. The van der Waals surface area contributed by atoms with Gasteiger partial charge in [-0.2, -0.15) is 0 Å². The fraction of sp³-hybridized carbons (Fsp3) is 0.333. The van der Waals surface area contributed by atoms with Gasteiger partial charge in [0, 0.05) is 29.0 Å². The Kier molecular flexibility index (Phi) is 9.71. The van der Waals surface area contributed by atoms with E-state index in [1.807, 2.05) is 42.5 Å². The monoisotopic (exact) mass is 566 g/mol. The van der Waals surface area contributed by atoms with Crippen molar-refractivity contribution in [3.63, 3.8) is 0 Å². The van der Waals surface area contributed by atoms with Gasteiger partial charge in [0.2, 0.25) is 5.91 Å². The van der Waals surface area contributed by atoms with E-state index in [-0.39, 0.29) is 31.0 Å². The van der Waals surface area contributed by atoms with Crippen LogP contribution in [0.2, 0.25) is 0 Å². The molecule has 1 N–H and O–H groups in total. The van der Waals surface area contributed by atoms with Crippen LogP contribution in [-0.2, 0) is 22.6 Å². The van der Waals surface area contributed by atoms with E-state index in [1.165, 1.54) is 17.4 Å². The second-order valence-corrected chi connectivity index (χ2v) is 10.3. The SMILES string of the molecule is O=C(NC1CCCCC1)C(Cc1ccccc1)N(Cc1ccccc1F)C(=O)COc1ccc(Br)cc1. The molecule has 4 rings (SSSR count). The molecule has 0 radical (unpaired) electrons. The molecule has 1 aliphatic carbocycles. The van der Waals surface area contributed by atoms with Gasteiger partial charge in [-0.15, -0.1) is 0 Å². The number of nitrogens with one attached hydrogen (secondary N) is 1. The van der Waals surface area contributed by atoms with Crippen LogP contribution >= 0.6 is 15.9 Å². The highest BCUT2D eigenvalue weighted by Crippen LogP contribution is 2.21. The van der Waals surface area contributed by atoms with Crippen LogP contribution < -0.4 is 10.1 Å². The number of halogens is 2. The van der Waals surface area contributed by atoms with Crippen molar-refractivity contribution < 1.29 is 18.7 Å². The van der Waals surface area contributed by atoms with Crippen molar-refractivity contribution in [3.05, 3.63) is 100 Å². The molecule has 7 heteroatoms. The Labute approximate surface area is 226 Å². The van der Waals surface area contributed by atoms with E-state index in [1.54, 1.807) is 30.3 Å². The number of hydrogen-bond donors (Lipinski definition) is 1. The molecule has 1 unspecified atom stereocenters. The summed E-state index contributed by atoms with van der Waals surface area (Å²) in [6, 6.07) is 22.4. The minimum atomic E-state index is -0.815. The number of rotatable bonds is 10. The molecule has 194 valence electrons. The van der Waals surface area contributed by atoms with Crippen LogP contribution in [0.5, 0.6) is 5.75 Å². The maximum atomic E-state index is 14.7.